The van der Waals surface area contributed by atoms with Crippen molar-refractivity contribution in [1.29, 1.82) is 0 Å². The zero-order chi connectivity index (χ0) is 14.8. The van der Waals surface area contributed by atoms with Gasteiger partial charge in [0.2, 0.25) is 0 Å². The van der Waals surface area contributed by atoms with Crippen molar-refractivity contribution in [3.05, 3.63) is 34.4 Å². The standard InChI is InChI=1S/C14H17N5OS/c1-3-19-5-4-10-12(8-19)21-14(17-10)18-13(20)11-7-15-9(2)6-16-11/h6-7H,3-5,8H2,1-2H3,(H,17,18,20). The Morgan fingerprint density at radius 3 is 3.00 bits per heavy atom. The molecule has 0 atom stereocenters. The molecule has 2 aromatic heterocycles. The number of amides is 1. The van der Waals surface area contributed by atoms with E-state index in [-0.39, 0.29) is 5.91 Å². The van der Waals surface area contributed by atoms with Crippen molar-refractivity contribution < 1.29 is 4.79 Å². The molecule has 1 amide bonds. The molecular weight excluding hydrogens is 286 g/mol. The molecule has 3 rings (SSSR count). The monoisotopic (exact) mass is 303 g/mol. The Labute approximate surface area is 127 Å². The van der Waals surface area contributed by atoms with Crippen LogP contribution >= 0.6 is 11.3 Å². The maximum atomic E-state index is 12.1. The molecule has 6 nitrogen and oxygen atoms in total. The van der Waals surface area contributed by atoms with E-state index in [1.54, 1.807) is 17.5 Å². The number of hydrogen-bond acceptors (Lipinski definition) is 6. The molecule has 3 heterocycles. The molecule has 1 aliphatic rings. The van der Waals surface area contributed by atoms with Crippen molar-refractivity contribution in [2.75, 3.05) is 18.4 Å². The number of nitrogens with one attached hydrogen (secondary N) is 1. The second-order valence-electron chi connectivity index (χ2n) is 5.00. The summed E-state index contributed by atoms with van der Waals surface area (Å²) in [6.45, 7) is 6.99. The van der Waals surface area contributed by atoms with Crippen LogP contribution in [0.3, 0.4) is 0 Å². The van der Waals surface area contributed by atoms with Crippen LogP contribution in [0.25, 0.3) is 0 Å². The Balaban J connectivity index is 1.72. The van der Waals surface area contributed by atoms with Crippen LogP contribution in [-0.4, -0.2) is 38.8 Å². The van der Waals surface area contributed by atoms with Crippen LogP contribution < -0.4 is 5.32 Å². The lowest BCUT2D eigenvalue weighted by molar-refractivity contribution is 0.102. The van der Waals surface area contributed by atoms with Crippen LogP contribution in [0.15, 0.2) is 12.4 Å². The molecule has 7 heteroatoms. The summed E-state index contributed by atoms with van der Waals surface area (Å²) in [5, 5.41) is 3.46. The van der Waals surface area contributed by atoms with Gasteiger partial charge in [0.1, 0.15) is 5.69 Å². The number of aromatic nitrogens is 3. The number of likely N-dealkylation sites (N-methyl/N-ethyl adjacent to an activating group) is 1. The molecule has 110 valence electrons. The maximum Gasteiger partial charge on any atom is 0.277 e. The highest BCUT2D eigenvalue weighted by Crippen LogP contribution is 2.28. The summed E-state index contributed by atoms with van der Waals surface area (Å²) in [4.78, 5) is 28.4. The van der Waals surface area contributed by atoms with Gasteiger partial charge in [0, 0.05) is 30.6 Å². The van der Waals surface area contributed by atoms with Crippen molar-refractivity contribution in [3.63, 3.8) is 0 Å². The number of nitrogens with zero attached hydrogens (tertiary/aromatic N) is 4. The summed E-state index contributed by atoms with van der Waals surface area (Å²) in [7, 11) is 0. The van der Waals surface area contributed by atoms with Gasteiger partial charge in [0.25, 0.3) is 5.91 Å². The molecule has 0 aromatic carbocycles. The number of hydrogen-bond donors (Lipinski definition) is 1. The van der Waals surface area contributed by atoms with E-state index in [4.69, 9.17) is 0 Å². The van der Waals surface area contributed by atoms with Gasteiger partial charge in [0.05, 0.1) is 17.6 Å². The molecule has 0 fully saturated rings. The summed E-state index contributed by atoms with van der Waals surface area (Å²) in [6, 6.07) is 0. The summed E-state index contributed by atoms with van der Waals surface area (Å²) in [6.07, 6.45) is 4.01. The molecule has 1 aliphatic heterocycles. The fraction of sp³-hybridized carbons (Fsp3) is 0.429. The van der Waals surface area contributed by atoms with Crippen molar-refractivity contribution in [2.45, 2.75) is 26.8 Å². The summed E-state index contributed by atoms with van der Waals surface area (Å²) >= 11 is 1.55. The molecular formula is C14H17N5OS. The van der Waals surface area contributed by atoms with Gasteiger partial charge in [-0.25, -0.2) is 9.97 Å². The first kappa shape index (κ1) is 14.1. The average molecular weight is 303 g/mol. The van der Waals surface area contributed by atoms with Crippen LogP contribution in [0.2, 0.25) is 0 Å². The van der Waals surface area contributed by atoms with Crippen LogP contribution in [0.4, 0.5) is 5.13 Å². The number of fused-ring (bicyclic) bond motifs is 1. The van der Waals surface area contributed by atoms with E-state index in [0.29, 0.717) is 10.8 Å². The topological polar surface area (TPSA) is 71.0 Å². The summed E-state index contributed by atoms with van der Waals surface area (Å²) in [5.74, 6) is -0.263. The fourth-order valence-electron chi connectivity index (χ4n) is 2.24. The fourth-order valence-corrected chi connectivity index (χ4v) is 3.29. The first-order valence-corrected chi connectivity index (χ1v) is 7.78. The van der Waals surface area contributed by atoms with E-state index in [1.165, 1.54) is 11.1 Å². The van der Waals surface area contributed by atoms with Gasteiger partial charge in [-0.15, -0.1) is 11.3 Å². The molecule has 1 N–H and O–H groups in total. The number of rotatable bonds is 3. The predicted octanol–water partition coefficient (Wildman–Crippen LogP) is 1.87. The third kappa shape index (κ3) is 3.08. The van der Waals surface area contributed by atoms with Crippen LogP contribution in [0, 0.1) is 6.92 Å². The van der Waals surface area contributed by atoms with E-state index in [0.717, 1.165) is 37.4 Å². The summed E-state index contributed by atoms with van der Waals surface area (Å²) in [5.41, 5.74) is 2.20. The minimum Gasteiger partial charge on any atom is -0.298 e. The van der Waals surface area contributed by atoms with Crippen molar-refractivity contribution >= 4 is 22.4 Å². The number of carbonyl (C=O) groups excluding carboxylic acids is 1. The molecule has 0 saturated heterocycles. The minimum atomic E-state index is -0.263. The average Bonchev–Trinajstić information content (AvgIpc) is 2.88. The quantitative estimate of drug-likeness (QED) is 0.937. The second-order valence-corrected chi connectivity index (χ2v) is 6.09. The zero-order valence-corrected chi connectivity index (χ0v) is 12.9. The molecule has 0 saturated carbocycles. The predicted molar refractivity (Wildman–Crippen MR) is 81.5 cm³/mol. The van der Waals surface area contributed by atoms with Crippen LogP contribution in [-0.2, 0) is 13.0 Å². The highest BCUT2D eigenvalue weighted by atomic mass is 32.1. The molecule has 0 aliphatic carbocycles. The van der Waals surface area contributed by atoms with Crippen LogP contribution in [0.5, 0.6) is 0 Å². The largest absolute Gasteiger partial charge is 0.298 e. The van der Waals surface area contributed by atoms with Crippen molar-refractivity contribution in [1.82, 2.24) is 19.9 Å². The van der Waals surface area contributed by atoms with E-state index >= 15 is 0 Å². The van der Waals surface area contributed by atoms with Gasteiger partial charge in [-0.1, -0.05) is 6.92 Å². The Morgan fingerprint density at radius 2 is 2.29 bits per heavy atom. The summed E-state index contributed by atoms with van der Waals surface area (Å²) < 4.78 is 0. The van der Waals surface area contributed by atoms with Gasteiger partial charge in [0.15, 0.2) is 5.13 Å². The van der Waals surface area contributed by atoms with E-state index < -0.39 is 0 Å². The Hall–Kier alpha value is -1.86. The SMILES string of the molecule is CCN1CCc2nc(NC(=O)c3cnc(C)cn3)sc2C1. The molecule has 2 aromatic rings. The lowest BCUT2D eigenvalue weighted by atomic mass is 10.2. The normalized spacial score (nSPS) is 14.8. The van der Waals surface area contributed by atoms with E-state index in [2.05, 4.69) is 32.1 Å². The lowest BCUT2D eigenvalue weighted by Crippen LogP contribution is -2.29. The molecule has 0 spiro atoms. The lowest BCUT2D eigenvalue weighted by Gasteiger charge is -2.23. The first-order chi connectivity index (χ1) is 10.2. The number of carbonyl (C=O) groups is 1. The number of aryl methyl sites for hydroxylation is 1. The molecule has 0 radical (unpaired) electrons. The maximum absolute atomic E-state index is 12.1. The third-order valence-corrected chi connectivity index (χ3v) is 4.49. The minimum absolute atomic E-state index is 0.263. The van der Waals surface area contributed by atoms with Gasteiger partial charge in [-0.2, -0.15) is 0 Å². The Kier molecular flexibility index (Phi) is 3.94. The zero-order valence-electron chi connectivity index (χ0n) is 12.1. The van der Waals surface area contributed by atoms with Crippen molar-refractivity contribution in [3.8, 4) is 0 Å². The molecule has 0 unspecified atom stereocenters. The van der Waals surface area contributed by atoms with Gasteiger partial charge in [-0.05, 0) is 13.5 Å². The Bertz CT molecular complexity index is 652. The van der Waals surface area contributed by atoms with Gasteiger partial charge >= 0.3 is 0 Å². The Morgan fingerprint density at radius 1 is 1.43 bits per heavy atom. The van der Waals surface area contributed by atoms with Gasteiger partial charge < -0.3 is 0 Å². The highest BCUT2D eigenvalue weighted by Gasteiger charge is 2.20. The second kappa shape index (κ2) is 5.87. The molecule has 21 heavy (non-hydrogen) atoms. The van der Waals surface area contributed by atoms with Crippen LogP contribution in [0.1, 0.15) is 33.7 Å². The van der Waals surface area contributed by atoms with E-state index in [9.17, 15) is 4.79 Å². The number of anilines is 1. The van der Waals surface area contributed by atoms with E-state index in [1.807, 2.05) is 6.92 Å². The third-order valence-electron chi connectivity index (χ3n) is 3.49. The highest BCUT2D eigenvalue weighted by molar-refractivity contribution is 7.15. The first-order valence-electron chi connectivity index (χ1n) is 6.96. The molecule has 0 bridgehead atoms. The smallest absolute Gasteiger partial charge is 0.277 e. The van der Waals surface area contributed by atoms with Crippen molar-refractivity contribution in [2.24, 2.45) is 0 Å². The van der Waals surface area contributed by atoms with Gasteiger partial charge in [-0.3, -0.25) is 20.0 Å². The number of thiazole rings is 1.